The van der Waals surface area contributed by atoms with Gasteiger partial charge in [0.2, 0.25) is 5.91 Å². The third kappa shape index (κ3) is 10.4. The number of unbranched alkanes of at least 4 members (excludes halogenated alkanes) is 1. The van der Waals surface area contributed by atoms with Crippen molar-refractivity contribution < 1.29 is 29.0 Å². The molecule has 2 N–H and O–H groups in total. The predicted molar refractivity (Wildman–Crippen MR) is 142 cm³/mol. The van der Waals surface area contributed by atoms with Crippen LogP contribution in [0.15, 0.2) is 52.7 Å². The highest BCUT2D eigenvalue weighted by Crippen LogP contribution is 2.25. The lowest BCUT2D eigenvalue weighted by atomic mass is 10.1. The van der Waals surface area contributed by atoms with Crippen LogP contribution in [-0.2, 0) is 20.9 Å². The minimum absolute atomic E-state index is 0.0750. The maximum atomic E-state index is 12.4. The Morgan fingerprint density at radius 1 is 0.895 bits per heavy atom. The molecule has 2 aromatic carbocycles. The molecular formula is C27H35N5O6. The monoisotopic (exact) mass is 525 g/mol. The lowest BCUT2D eigenvalue weighted by Gasteiger charge is -2.21. The van der Waals surface area contributed by atoms with Crippen molar-refractivity contribution in [1.29, 1.82) is 0 Å². The van der Waals surface area contributed by atoms with Crippen molar-refractivity contribution in [3.05, 3.63) is 53.6 Å². The number of ether oxygens (including phenoxy) is 1. The van der Waals surface area contributed by atoms with E-state index >= 15 is 0 Å². The molecule has 0 aliphatic heterocycles. The van der Waals surface area contributed by atoms with Crippen LogP contribution in [0.2, 0.25) is 0 Å². The summed E-state index contributed by atoms with van der Waals surface area (Å²) >= 11 is 0. The summed E-state index contributed by atoms with van der Waals surface area (Å²) in [6, 6.07) is 11.3. The Labute approximate surface area is 222 Å². The summed E-state index contributed by atoms with van der Waals surface area (Å²) in [5.41, 5.74) is 1.79. The highest BCUT2D eigenvalue weighted by Gasteiger charge is 2.13. The lowest BCUT2D eigenvalue weighted by Crippen LogP contribution is -2.36. The molecule has 0 unspecified atom stereocenters. The zero-order valence-corrected chi connectivity index (χ0v) is 22.3. The zero-order chi connectivity index (χ0) is 28.1. The number of phenolic OH excluding ortho intramolecular Hbond substituents is 1. The molecule has 0 heterocycles. The molecule has 0 spiro atoms. The molecule has 0 atom stereocenters. The number of hydrogen-bond acceptors (Lipinski definition) is 8. The van der Waals surface area contributed by atoms with Gasteiger partial charge in [0.1, 0.15) is 18.1 Å². The fourth-order valence-corrected chi connectivity index (χ4v) is 3.14. The number of benzene rings is 2. The average molecular weight is 526 g/mol. The van der Waals surface area contributed by atoms with E-state index in [-0.39, 0.29) is 29.6 Å². The van der Waals surface area contributed by atoms with Crippen molar-refractivity contribution in [2.45, 2.75) is 39.7 Å². The quantitative estimate of drug-likeness (QED) is 0.294. The van der Waals surface area contributed by atoms with Crippen molar-refractivity contribution >= 4 is 35.1 Å². The summed E-state index contributed by atoms with van der Waals surface area (Å²) in [6.07, 6.45) is 1.33. The third-order valence-corrected chi connectivity index (χ3v) is 5.67. The minimum Gasteiger partial charge on any atom is -0.507 e. The molecule has 204 valence electrons. The highest BCUT2D eigenvalue weighted by atomic mass is 16.6. The normalized spacial score (nSPS) is 10.7. The van der Waals surface area contributed by atoms with E-state index in [0.29, 0.717) is 50.3 Å². The Morgan fingerprint density at radius 2 is 1.53 bits per heavy atom. The van der Waals surface area contributed by atoms with Gasteiger partial charge in [0.05, 0.1) is 16.9 Å². The van der Waals surface area contributed by atoms with Gasteiger partial charge < -0.3 is 29.8 Å². The number of nitrogens with one attached hydrogen (secondary N) is 1. The van der Waals surface area contributed by atoms with E-state index in [1.54, 1.807) is 44.4 Å². The van der Waals surface area contributed by atoms with E-state index in [1.807, 2.05) is 0 Å². The number of phenols is 1. The molecule has 3 amide bonds. The predicted octanol–water partition coefficient (Wildman–Crippen LogP) is 4.34. The average Bonchev–Trinajstić information content (AvgIpc) is 2.89. The van der Waals surface area contributed by atoms with Gasteiger partial charge in [-0.3, -0.25) is 9.59 Å². The molecule has 0 fully saturated rings. The molecule has 2 aromatic rings. The van der Waals surface area contributed by atoms with Gasteiger partial charge in [0, 0.05) is 47.1 Å². The minimum atomic E-state index is -0.492. The summed E-state index contributed by atoms with van der Waals surface area (Å²) in [5, 5.41) is 21.1. The van der Waals surface area contributed by atoms with E-state index in [0.717, 1.165) is 5.56 Å². The molecule has 0 radical (unpaired) electrons. The number of Topliss-reactive ketones (excluding diaryl/α,β-unsaturated/α-hetero) is 1. The topological polar surface area (TPSA) is 141 Å². The molecule has 0 aliphatic carbocycles. The van der Waals surface area contributed by atoms with Crippen molar-refractivity contribution in [1.82, 2.24) is 15.1 Å². The Morgan fingerprint density at radius 3 is 2.18 bits per heavy atom. The van der Waals surface area contributed by atoms with Gasteiger partial charge in [0.25, 0.3) is 5.91 Å². The van der Waals surface area contributed by atoms with E-state index in [2.05, 4.69) is 15.5 Å². The molecule has 0 aliphatic rings. The first-order valence-corrected chi connectivity index (χ1v) is 12.3. The second-order valence-electron chi connectivity index (χ2n) is 8.90. The fraction of sp³-hybridized carbons (Fsp3) is 0.407. The SMILES string of the molecule is CC(=O)CCCCNC(=O)c1cc(N=Nc2ccc(COC(=O)N(C)CCN(C)C(C)=O)cc2)ccc1O. The first-order chi connectivity index (χ1) is 18.1. The number of hydrogen-bond donors (Lipinski definition) is 2. The molecule has 11 heteroatoms. The van der Waals surface area contributed by atoms with Gasteiger partial charge in [-0.1, -0.05) is 12.1 Å². The summed E-state index contributed by atoms with van der Waals surface area (Å²) in [6.45, 7) is 4.24. The van der Waals surface area contributed by atoms with Gasteiger partial charge in [-0.05, 0) is 55.7 Å². The Hall–Kier alpha value is -4.28. The summed E-state index contributed by atoms with van der Waals surface area (Å²) in [5.74, 6) is -0.563. The number of carbonyl (C=O) groups excluding carboxylic acids is 4. The second-order valence-corrected chi connectivity index (χ2v) is 8.90. The third-order valence-electron chi connectivity index (χ3n) is 5.67. The number of carbonyl (C=O) groups is 4. The van der Waals surface area contributed by atoms with E-state index in [4.69, 9.17) is 4.74 Å². The smallest absolute Gasteiger partial charge is 0.409 e. The maximum Gasteiger partial charge on any atom is 0.409 e. The molecule has 0 saturated heterocycles. The number of rotatable bonds is 13. The van der Waals surface area contributed by atoms with Crippen LogP contribution in [0.25, 0.3) is 0 Å². The van der Waals surface area contributed by atoms with E-state index in [1.165, 1.54) is 35.8 Å². The van der Waals surface area contributed by atoms with Crippen LogP contribution in [0.5, 0.6) is 5.75 Å². The van der Waals surface area contributed by atoms with Gasteiger partial charge in [-0.15, -0.1) is 0 Å². The summed E-state index contributed by atoms with van der Waals surface area (Å²) < 4.78 is 5.30. The van der Waals surface area contributed by atoms with Crippen molar-refractivity contribution in [2.24, 2.45) is 10.2 Å². The zero-order valence-electron chi connectivity index (χ0n) is 22.3. The van der Waals surface area contributed by atoms with Gasteiger partial charge in [0.15, 0.2) is 0 Å². The van der Waals surface area contributed by atoms with Gasteiger partial charge in [-0.2, -0.15) is 10.2 Å². The first-order valence-electron chi connectivity index (χ1n) is 12.3. The lowest BCUT2D eigenvalue weighted by molar-refractivity contribution is -0.127. The Kier molecular flexibility index (Phi) is 11.9. The molecular weight excluding hydrogens is 490 g/mol. The first kappa shape index (κ1) is 29.9. The number of azo groups is 1. The number of nitrogens with zero attached hydrogens (tertiary/aromatic N) is 4. The van der Waals surface area contributed by atoms with Crippen LogP contribution in [0.1, 0.15) is 49.0 Å². The highest BCUT2D eigenvalue weighted by molar-refractivity contribution is 5.97. The summed E-state index contributed by atoms with van der Waals surface area (Å²) in [4.78, 5) is 49.7. The molecule has 0 aromatic heterocycles. The van der Waals surface area contributed by atoms with Gasteiger partial charge in [-0.25, -0.2) is 4.79 Å². The molecule has 0 bridgehead atoms. The molecule has 11 nitrogen and oxygen atoms in total. The van der Waals surface area contributed by atoms with E-state index < -0.39 is 12.0 Å². The number of likely N-dealkylation sites (N-methyl/N-ethyl adjacent to an activating group) is 2. The van der Waals surface area contributed by atoms with Crippen LogP contribution in [0, 0.1) is 0 Å². The molecule has 38 heavy (non-hydrogen) atoms. The van der Waals surface area contributed by atoms with Gasteiger partial charge >= 0.3 is 6.09 Å². The molecule has 2 rings (SSSR count). The van der Waals surface area contributed by atoms with Crippen LogP contribution in [-0.4, -0.2) is 72.3 Å². The fourth-order valence-electron chi connectivity index (χ4n) is 3.14. The Bertz CT molecular complexity index is 1150. The molecule has 0 saturated carbocycles. The second kappa shape index (κ2) is 15.1. The van der Waals surface area contributed by atoms with Crippen LogP contribution >= 0.6 is 0 Å². The van der Waals surface area contributed by atoms with E-state index in [9.17, 15) is 24.3 Å². The summed E-state index contributed by atoms with van der Waals surface area (Å²) in [7, 11) is 3.27. The number of ketones is 1. The maximum absolute atomic E-state index is 12.4. The van der Waals surface area contributed by atoms with Crippen molar-refractivity contribution in [2.75, 3.05) is 33.7 Å². The largest absolute Gasteiger partial charge is 0.507 e. The van der Waals surface area contributed by atoms with Crippen molar-refractivity contribution in [3.63, 3.8) is 0 Å². The van der Waals surface area contributed by atoms with Crippen molar-refractivity contribution in [3.8, 4) is 5.75 Å². The van der Waals surface area contributed by atoms with Crippen LogP contribution in [0.3, 0.4) is 0 Å². The van der Waals surface area contributed by atoms with Crippen LogP contribution < -0.4 is 5.32 Å². The van der Waals surface area contributed by atoms with Crippen LogP contribution in [0.4, 0.5) is 16.2 Å². The standard InChI is InChI=1S/C27H35N5O6/c1-19(33)7-5-6-14-28-26(36)24-17-23(12-13-25(24)35)30-29-22-10-8-21(9-11-22)18-38-27(37)32(4)16-15-31(3)20(2)34/h8-13,17,35H,5-7,14-16,18H2,1-4H3,(H,28,36). The Balaban J connectivity index is 1.87. The number of amides is 3. The number of aromatic hydroxyl groups is 1.